The first-order chi connectivity index (χ1) is 14.6. The molecular weight excluding hydrogens is 398 g/mol. The highest BCUT2D eigenvalue weighted by atomic mass is 32.1. The first-order valence-electron chi connectivity index (χ1n) is 10.0. The topological polar surface area (TPSA) is 81.2 Å². The van der Waals surface area contributed by atoms with Gasteiger partial charge >= 0.3 is 5.97 Å². The van der Waals surface area contributed by atoms with Crippen molar-refractivity contribution in [2.45, 2.75) is 44.8 Å². The molecule has 0 bridgehead atoms. The Bertz CT molecular complexity index is 1030. The molecule has 2 aromatic heterocycles. The molecule has 1 aromatic carbocycles. The number of nitrogens with zero attached hydrogens (tertiary/aromatic N) is 2. The van der Waals surface area contributed by atoms with E-state index < -0.39 is 12.1 Å². The average molecular weight is 422 g/mol. The number of pyridine rings is 1. The zero-order valence-electron chi connectivity index (χ0n) is 16.7. The minimum absolute atomic E-state index is 0.0284. The number of fused-ring (bicyclic) bond motifs is 1. The summed E-state index contributed by atoms with van der Waals surface area (Å²) >= 11 is 1.45. The summed E-state index contributed by atoms with van der Waals surface area (Å²) in [5.74, 6) is -0.746. The highest BCUT2D eigenvalue weighted by Gasteiger charge is 2.25. The van der Waals surface area contributed by atoms with Gasteiger partial charge in [-0.05, 0) is 49.4 Å². The van der Waals surface area contributed by atoms with Crippen LogP contribution in [0.5, 0.6) is 0 Å². The summed E-state index contributed by atoms with van der Waals surface area (Å²) in [5, 5.41) is 5.66. The van der Waals surface area contributed by atoms with Crippen molar-refractivity contribution < 1.29 is 14.3 Å². The second-order valence-corrected chi connectivity index (χ2v) is 8.20. The Balaban J connectivity index is 1.32. The molecule has 0 spiro atoms. The minimum Gasteiger partial charge on any atom is -0.452 e. The number of hydrogen-bond donors (Lipinski definition) is 1. The number of aromatic nitrogens is 2. The van der Waals surface area contributed by atoms with Crippen LogP contribution in [-0.2, 0) is 27.2 Å². The molecule has 2 atom stereocenters. The highest BCUT2D eigenvalue weighted by molar-refractivity contribution is 7.13. The van der Waals surface area contributed by atoms with E-state index in [1.54, 1.807) is 19.3 Å². The Labute approximate surface area is 179 Å². The van der Waals surface area contributed by atoms with Crippen LogP contribution >= 0.6 is 11.3 Å². The monoisotopic (exact) mass is 421 g/mol. The molecule has 4 rings (SSSR count). The fourth-order valence-electron chi connectivity index (χ4n) is 3.64. The van der Waals surface area contributed by atoms with Gasteiger partial charge in [0.25, 0.3) is 5.91 Å². The van der Waals surface area contributed by atoms with Crippen LogP contribution in [0.2, 0.25) is 0 Å². The third-order valence-electron chi connectivity index (χ3n) is 5.15. The van der Waals surface area contributed by atoms with Crippen LogP contribution in [0.15, 0.2) is 54.2 Å². The Morgan fingerprint density at radius 2 is 2.13 bits per heavy atom. The van der Waals surface area contributed by atoms with E-state index in [0.29, 0.717) is 5.69 Å². The van der Waals surface area contributed by atoms with Crippen LogP contribution in [0.4, 0.5) is 0 Å². The number of amides is 1. The van der Waals surface area contributed by atoms with Crippen LogP contribution in [0.1, 0.15) is 42.6 Å². The maximum Gasteiger partial charge on any atom is 0.312 e. The van der Waals surface area contributed by atoms with Gasteiger partial charge in [0.15, 0.2) is 6.10 Å². The van der Waals surface area contributed by atoms with Gasteiger partial charge in [0.2, 0.25) is 0 Å². The maximum atomic E-state index is 12.6. The van der Waals surface area contributed by atoms with Crippen molar-refractivity contribution in [3.8, 4) is 10.6 Å². The molecule has 0 aliphatic heterocycles. The molecule has 1 amide bonds. The lowest BCUT2D eigenvalue weighted by Crippen LogP contribution is -2.39. The number of thiazole rings is 1. The van der Waals surface area contributed by atoms with Crippen molar-refractivity contribution in [1.82, 2.24) is 15.3 Å². The molecule has 1 aliphatic rings. The van der Waals surface area contributed by atoms with E-state index in [0.717, 1.165) is 35.4 Å². The summed E-state index contributed by atoms with van der Waals surface area (Å²) in [4.78, 5) is 33.5. The molecule has 0 fully saturated rings. The van der Waals surface area contributed by atoms with Gasteiger partial charge in [0.05, 0.1) is 18.2 Å². The number of ether oxygens (including phenoxy) is 1. The van der Waals surface area contributed by atoms with Crippen molar-refractivity contribution in [1.29, 1.82) is 0 Å². The van der Waals surface area contributed by atoms with Gasteiger partial charge in [-0.3, -0.25) is 14.6 Å². The number of carbonyl (C=O) groups is 2. The fourth-order valence-corrected chi connectivity index (χ4v) is 4.45. The molecule has 3 aromatic rings. The van der Waals surface area contributed by atoms with Gasteiger partial charge < -0.3 is 10.1 Å². The SMILES string of the molecule is C[C@@H](OC(=O)Cc1csc(-c2cccnc2)n1)C(=O)N[C@H]1CCCc2ccccc21. The predicted octanol–water partition coefficient (Wildman–Crippen LogP) is 3.87. The number of hydrogen-bond acceptors (Lipinski definition) is 6. The Morgan fingerprint density at radius 3 is 2.97 bits per heavy atom. The van der Waals surface area contributed by atoms with E-state index in [2.05, 4.69) is 27.4 Å². The van der Waals surface area contributed by atoms with Crippen LogP contribution in [0.3, 0.4) is 0 Å². The molecule has 0 saturated heterocycles. The Hall–Kier alpha value is -3.06. The first kappa shape index (κ1) is 20.2. The lowest BCUT2D eigenvalue weighted by atomic mass is 9.87. The van der Waals surface area contributed by atoms with Crippen molar-refractivity contribution in [2.75, 3.05) is 0 Å². The number of esters is 1. The van der Waals surface area contributed by atoms with Crippen LogP contribution in [-0.4, -0.2) is 27.9 Å². The van der Waals surface area contributed by atoms with Crippen molar-refractivity contribution in [2.24, 2.45) is 0 Å². The second kappa shape index (κ2) is 9.17. The minimum atomic E-state index is -0.858. The molecule has 6 nitrogen and oxygen atoms in total. The smallest absolute Gasteiger partial charge is 0.312 e. The van der Waals surface area contributed by atoms with E-state index in [4.69, 9.17) is 4.74 Å². The van der Waals surface area contributed by atoms with Gasteiger partial charge in [0, 0.05) is 23.3 Å². The van der Waals surface area contributed by atoms with Crippen LogP contribution in [0.25, 0.3) is 10.6 Å². The van der Waals surface area contributed by atoms with Crippen molar-refractivity contribution in [3.63, 3.8) is 0 Å². The lowest BCUT2D eigenvalue weighted by molar-refractivity contribution is -0.154. The summed E-state index contributed by atoms with van der Waals surface area (Å²) in [6.07, 6.45) is 5.55. The molecule has 154 valence electrons. The van der Waals surface area contributed by atoms with Crippen molar-refractivity contribution >= 4 is 23.2 Å². The number of nitrogens with one attached hydrogen (secondary N) is 1. The third-order valence-corrected chi connectivity index (χ3v) is 6.09. The van der Waals surface area contributed by atoms with Gasteiger partial charge in [0.1, 0.15) is 5.01 Å². The molecular formula is C23H23N3O3S. The van der Waals surface area contributed by atoms with Gasteiger partial charge in [-0.25, -0.2) is 4.98 Å². The number of benzene rings is 1. The maximum absolute atomic E-state index is 12.6. The van der Waals surface area contributed by atoms with Gasteiger partial charge in [-0.2, -0.15) is 0 Å². The van der Waals surface area contributed by atoms with Gasteiger partial charge in [-0.1, -0.05) is 24.3 Å². The molecule has 7 heteroatoms. The van der Waals surface area contributed by atoms with E-state index in [1.165, 1.54) is 16.9 Å². The number of carbonyl (C=O) groups excluding carboxylic acids is 2. The van der Waals surface area contributed by atoms with E-state index in [9.17, 15) is 9.59 Å². The third kappa shape index (κ3) is 4.74. The number of aryl methyl sites for hydroxylation is 1. The zero-order valence-corrected chi connectivity index (χ0v) is 17.5. The molecule has 1 N–H and O–H groups in total. The predicted molar refractivity (Wildman–Crippen MR) is 115 cm³/mol. The molecule has 0 radical (unpaired) electrons. The lowest BCUT2D eigenvalue weighted by Gasteiger charge is -2.27. The van der Waals surface area contributed by atoms with Crippen LogP contribution in [0, 0.1) is 0 Å². The Kier molecular flexibility index (Phi) is 6.18. The average Bonchev–Trinajstić information content (AvgIpc) is 3.23. The van der Waals surface area contributed by atoms with E-state index in [-0.39, 0.29) is 18.4 Å². The molecule has 1 aliphatic carbocycles. The normalized spacial score (nSPS) is 16.4. The molecule has 2 heterocycles. The largest absolute Gasteiger partial charge is 0.452 e. The van der Waals surface area contributed by atoms with Crippen LogP contribution < -0.4 is 5.32 Å². The quantitative estimate of drug-likeness (QED) is 0.611. The highest BCUT2D eigenvalue weighted by Crippen LogP contribution is 2.29. The molecule has 0 unspecified atom stereocenters. The second-order valence-electron chi connectivity index (χ2n) is 7.35. The fraction of sp³-hybridized carbons (Fsp3) is 0.304. The van der Waals surface area contributed by atoms with E-state index >= 15 is 0 Å². The molecule has 0 saturated carbocycles. The summed E-state index contributed by atoms with van der Waals surface area (Å²) in [6.45, 7) is 1.60. The van der Waals surface area contributed by atoms with Gasteiger partial charge in [-0.15, -0.1) is 11.3 Å². The standard InChI is InChI=1S/C23H23N3O3S/c1-15(22(28)26-20-10-4-7-16-6-2-3-9-19(16)20)29-21(27)12-18-14-30-23(25-18)17-8-5-11-24-13-17/h2-3,5-6,8-9,11,13-15,20H,4,7,10,12H2,1H3,(H,26,28)/t15-,20+/m1/s1. The summed E-state index contributed by atoms with van der Waals surface area (Å²) in [6, 6.07) is 11.9. The summed E-state index contributed by atoms with van der Waals surface area (Å²) in [5.41, 5.74) is 3.95. The zero-order chi connectivity index (χ0) is 20.9. The van der Waals surface area contributed by atoms with E-state index in [1.807, 2.05) is 29.6 Å². The Morgan fingerprint density at radius 1 is 1.27 bits per heavy atom. The summed E-state index contributed by atoms with van der Waals surface area (Å²) < 4.78 is 5.36. The summed E-state index contributed by atoms with van der Waals surface area (Å²) in [7, 11) is 0. The first-order valence-corrected chi connectivity index (χ1v) is 10.9. The molecule has 30 heavy (non-hydrogen) atoms. The number of rotatable bonds is 6. The van der Waals surface area contributed by atoms with Crippen molar-refractivity contribution in [3.05, 3.63) is 71.0 Å².